The van der Waals surface area contributed by atoms with E-state index in [1.807, 2.05) is 0 Å². The summed E-state index contributed by atoms with van der Waals surface area (Å²) in [5, 5.41) is 9.19. The molecule has 2 aliphatic carbocycles. The molecule has 2 aliphatic heterocycles. The van der Waals surface area contributed by atoms with Gasteiger partial charge >= 0.3 is 5.97 Å². The van der Waals surface area contributed by atoms with E-state index in [0.29, 0.717) is 18.6 Å². The molecule has 196 valence electrons. The maximum Gasteiger partial charge on any atom is 0.304 e. The zero-order valence-corrected chi connectivity index (χ0v) is 21.9. The highest BCUT2D eigenvalue weighted by molar-refractivity contribution is 5.76. The highest BCUT2D eigenvalue weighted by Crippen LogP contribution is 2.41. The minimum atomic E-state index is -0.697. The lowest BCUT2D eigenvalue weighted by atomic mass is 9.77. The van der Waals surface area contributed by atoms with Crippen LogP contribution in [0, 0.1) is 11.8 Å². The van der Waals surface area contributed by atoms with Gasteiger partial charge in [-0.05, 0) is 75.5 Å². The largest absolute Gasteiger partial charge is 0.481 e. The van der Waals surface area contributed by atoms with Crippen molar-refractivity contribution in [3.8, 4) is 0 Å². The number of hydrogen-bond donors (Lipinski definition) is 1. The Morgan fingerprint density at radius 2 is 1.64 bits per heavy atom. The van der Waals surface area contributed by atoms with Gasteiger partial charge in [-0.3, -0.25) is 9.69 Å². The summed E-state index contributed by atoms with van der Waals surface area (Å²) in [6.45, 7) is 4.10. The van der Waals surface area contributed by atoms with Crippen molar-refractivity contribution in [2.45, 2.75) is 102 Å². The number of aromatic nitrogens is 2. The minimum Gasteiger partial charge on any atom is -0.481 e. The van der Waals surface area contributed by atoms with Crippen LogP contribution in [0.15, 0.2) is 24.3 Å². The summed E-state index contributed by atoms with van der Waals surface area (Å²) >= 11 is 0. The van der Waals surface area contributed by atoms with Crippen LogP contribution in [0.5, 0.6) is 0 Å². The van der Waals surface area contributed by atoms with Gasteiger partial charge in [0, 0.05) is 44.2 Å². The molecule has 4 fully saturated rings. The predicted molar refractivity (Wildman–Crippen MR) is 143 cm³/mol. The van der Waals surface area contributed by atoms with Crippen molar-refractivity contribution < 1.29 is 9.90 Å². The smallest absolute Gasteiger partial charge is 0.304 e. The van der Waals surface area contributed by atoms with Gasteiger partial charge < -0.3 is 14.6 Å². The average molecular weight is 493 g/mol. The molecule has 2 saturated carbocycles. The van der Waals surface area contributed by atoms with Gasteiger partial charge in [0.1, 0.15) is 5.82 Å². The van der Waals surface area contributed by atoms with E-state index >= 15 is 0 Å². The molecule has 0 radical (unpaired) electrons. The van der Waals surface area contributed by atoms with Crippen LogP contribution in [0.25, 0.3) is 11.0 Å². The van der Waals surface area contributed by atoms with Crippen LogP contribution in [-0.2, 0) is 11.2 Å². The van der Waals surface area contributed by atoms with Crippen LogP contribution in [0.2, 0.25) is 0 Å². The van der Waals surface area contributed by atoms with Crippen LogP contribution >= 0.6 is 0 Å². The molecule has 2 bridgehead atoms. The standard InChI is InChI=1S/C30H44N4O2/c35-30(36)13-17-32-14-5-8-25(32)21-29-31-27-9-3-4-10-28(27)34(29)24-11-15-33(16-12-24)26-19-22-6-1-2-7-23(18-22)20-26/h3-4,9-10,22-26H,1-2,5-8,11-21H2,(H,35,36)/t22-,23+,25-,26-/m0/s1. The molecule has 2 aromatic rings. The molecule has 4 aliphatic rings. The maximum absolute atomic E-state index is 11.2. The van der Waals surface area contributed by atoms with Gasteiger partial charge in [-0.25, -0.2) is 4.98 Å². The third kappa shape index (κ3) is 5.22. The second-order valence-corrected chi connectivity index (χ2v) is 12.2. The number of benzene rings is 1. The summed E-state index contributed by atoms with van der Waals surface area (Å²) < 4.78 is 2.58. The Labute approximate surface area is 216 Å². The topological polar surface area (TPSA) is 61.6 Å². The summed E-state index contributed by atoms with van der Waals surface area (Å²) in [6.07, 6.45) is 16.1. The number of aliphatic carboxylic acids is 1. The average Bonchev–Trinajstić information content (AvgIpc) is 3.44. The van der Waals surface area contributed by atoms with Gasteiger partial charge in [-0.1, -0.05) is 37.8 Å². The Balaban J connectivity index is 1.16. The number of imidazole rings is 1. The molecule has 0 unspecified atom stereocenters. The number of carboxylic acid groups (broad SMARTS) is 1. The van der Waals surface area contributed by atoms with E-state index in [2.05, 4.69) is 38.6 Å². The van der Waals surface area contributed by atoms with E-state index in [1.54, 1.807) is 0 Å². The highest BCUT2D eigenvalue weighted by atomic mass is 16.4. The summed E-state index contributed by atoms with van der Waals surface area (Å²) in [5.74, 6) is 2.48. The number of likely N-dealkylation sites (tertiary alicyclic amines) is 2. The summed E-state index contributed by atoms with van der Waals surface area (Å²) in [5.41, 5.74) is 2.39. The molecular weight excluding hydrogens is 448 g/mol. The third-order valence-corrected chi connectivity index (χ3v) is 9.93. The van der Waals surface area contributed by atoms with Gasteiger partial charge in [-0.15, -0.1) is 0 Å². The lowest BCUT2D eigenvalue weighted by Gasteiger charge is -2.43. The van der Waals surface area contributed by atoms with E-state index in [9.17, 15) is 9.90 Å². The SMILES string of the molecule is O=C(O)CCN1CCC[C@H]1Cc1nc2ccccc2n1C1CCN([C@@H]2C[C@@H]3CCCC[C@@H](C3)C2)CC1. The molecule has 1 aromatic heterocycles. The Morgan fingerprint density at radius 3 is 2.39 bits per heavy atom. The first-order valence-corrected chi connectivity index (χ1v) is 14.8. The number of piperidine rings is 1. The molecule has 2 saturated heterocycles. The first-order chi connectivity index (χ1) is 17.6. The van der Waals surface area contributed by atoms with E-state index in [1.165, 1.54) is 82.2 Å². The van der Waals surface area contributed by atoms with Gasteiger partial charge in [0.05, 0.1) is 17.5 Å². The number of nitrogens with zero attached hydrogens (tertiary/aromatic N) is 4. The number of fused-ring (bicyclic) bond motifs is 3. The Bertz CT molecular complexity index is 1030. The van der Waals surface area contributed by atoms with Crippen molar-refractivity contribution in [1.29, 1.82) is 0 Å². The molecule has 36 heavy (non-hydrogen) atoms. The molecule has 6 heteroatoms. The summed E-state index contributed by atoms with van der Waals surface area (Å²) in [6, 6.07) is 10.4. The fraction of sp³-hybridized carbons (Fsp3) is 0.733. The number of carbonyl (C=O) groups is 1. The molecule has 0 amide bonds. The van der Waals surface area contributed by atoms with Crippen LogP contribution < -0.4 is 0 Å². The van der Waals surface area contributed by atoms with Gasteiger partial charge in [-0.2, -0.15) is 0 Å². The van der Waals surface area contributed by atoms with Crippen molar-refractivity contribution in [2.24, 2.45) is 11.8 Å². The Morgan fingerprint density at radius 1 is 0.889 bits per heavy atom. The predicted octanol–water partition coefficient (Wildman–Crippen LogP) is 5.51. The molecule has 6 nitrogen and oxygen atoms in total. The normalized spacial score (nSPS) is 30.6. The number of carboxylic acids is 1. The molecule has 1 N–H and O–H groups in total. The highest BCUT2D eigenvalue weighted by Gasteiger charge is 2.36. The van der Waals surface area contributed by atoms with Crippen LogP contribution in [0.3, 0.4) is 0 Å². The number of para-hydroxylation sites is 2. The van der Waals surface area contributed by atoms with E-state index < -0.39 is 5.97 Å². The lowest BCUT2D eigenvalue weighted by molar-refractivity contribution is -0.137. The molecule has 6 rings (SSSR count). The summed E-state index contributed by atoms with van der Waals surface area (Å²) in [4.78, 5) is 21.6. The van der Waals surface area contributed by atoms with Crippen molar-refractivity contribution in [3.05, 3.63) is 30.1 Å². The zero-order valence-electron chi connectivity index (χ0n) is 21.9. The quantitative estimate of drug-likeness (QED) is 0.552. The molecular formula is C30H44N4O2. The van der Waals surface area contributed by atoms with E-state index in [0.717, 1.165) is 49.2 Å². The fourth-order valence-corrected chi connectivity index (χ4v) is 8.19. The van der Waals surface area contributed by atoms with Crippen molar-refractivity contribution in [2.75, 3.05) is 26.2 Å². The van der Waals surface area contributed by atoms with Crippen LogP contribution in [0.4, 0.5) is 0 Å². The van der Waals surface area contributed by atoms with Gasteiger partial charge in [0.25, 0.3) is 0 Å². The van der Waals surface area contributed by atoms with Gasteiger partial charge in [0.15, 0.2) is 0 Å². The van der Waals surface area contributed by atoms with Crippen molar-refractivity contribution in [1.82, 2.24) is 19.4 Å². The Kier molecular flexibility index (Phi) is 7.34. The Hall–Kier alpha value is -1.92. The summed E-state index contributed by atoms with van der Waals surface area (Å²) in [7, 11) is 0. The molecule has 3 heterocycles. The monoisotopic (exact) mass is 492 g/mol. The zero-order chi connectivity index (χ0) is 24.5. The molecule has 4 atom stereocenters. The number of rotatable bonds is 7. The minimum absolute atomic E-state index is 0.230. The molecule has 1 aromatic carbocycles. The van der Waals surface area contributed by atoms with Crippen molar-refractivity contribution >= 4 is 17.0 Å². The van der Waals surface area contributed by atoms with E-state index in [-0.39, 0.29) is 6.42 Å². The van der Waals surface area contributed by atoms with Crippen LogP contribution in [-0.4, -0.2) is 68.7 Å². The molecule has 0 spiro atoms. The first kappa shape index (κ1) is 24.4. The van der Waals surface area contributed by atoms with Crippen LogP contribution in [0.1, 0.15) is 88.9 Å². The maximum atomic E-state index is 11.2. The van der Waals surface area contributed by atoms with Crippen molar-refractivity contribution in [3.63, 3.8) is 0 Å². The third-order valence-electron chi connectivity index (χ3n) is 9.93. The fourth-order valence-electron chi connectivity index (χ4n) is 8.19. The lowest BCUT2D eigenvalue weighted by Crippen LogP contribution is -2.45. The second kappa shape index (κ2) is 10.8. The van der Waals surface area contributed by atoms with Gasteiger partial charge in [0.2, 0.25) is 0 Å². The van der Waals surface area contributed by atoms with E-state index in [4.69, 9.17) is 4.98 Å². The number of hydrogen-bond acceptors (Lipinski definition) is 4. The second-order valence-electron chi connectivity index (χ2n) is 12.2. The first-order valence-electron chi connectivity index (χ1n) is 14.8.